The first-order valence-corrected chi connectivity index (χ1v) is 13.7. The van der Waals surface area contributed by atoms with Crippen LogP contribution in [0.25, 0.3) is 22.4 Å². The molecular formula is C30H20ClF2N9O2. The number of nitrogens with zero attached hydrogens (tertiary/aromatic N) is 7. The Morgan fingerprint density at radius 1 is 1.07 bits per heavy atom. The molecule has 44 heavy (non-hydrogen) atoms. The molecule has 2 N–H and O–H groups in total. The van der Waals surface area contributed by atoms with Gasteiger partial charge in [-0.3, -0.25) is 4.98 Å². The Kier molecular flexibility index (Phi) is 7.05. The Morgan fingerprint density at radius 3 is 2.70 bits per heavy atom. The fourth-order valence-electron chi connectivity index (χ4n) is 4.89. The molecule has 7 rings (SSSR count). The highest BCUT2D eigenvalue weighted by Crippen LogP contribution is 2.37. The molecule has 4 aromatic heterocycles. The van der Waals surface area contributed by atoms with Gasteiger partial charge in [0.1, 0.15) is 24.1 Å². The summed E-state index contributed by atoms with van der Waals surface area (Å²) in [7, 11) is 0. The Bertz CT molecular complexity index is 2040. The summed E-state index contributed by atoms with van der Waals surface area (Å²) in [5.41, 5.74) is 3.80. The third kappa shape index (κ3) is 5.17. The van der Waals surface area contributed by atoms with E-state index in [0.717, 1.165) is 23.4 Å². The lowest BCUT2D eigenvalue weighted by molar-refractivity contribution is -0.0293. The van der Waals surface area contributed by atoms with Crippen molar-refractivity contribution >= 4 is 39.6 Å². The molecule has 0 spiro atoms. The molecule has 0 radical (unpaired) electrons. The molecule has 14 heteroatoms. The zero-order valence-electron chi connectivity index (χ0n) is 22.6. The van der Waals surface area contributed by atoms with Gasteiger partial charge in [-0.15, -0.1) is 5.10 Å². The lowest BCUT2D eigenvalue weighted by Crippen LogP contribution is -2.31. The summed E-state index contributed by atoms with van der Waals surface area (Å²) in [6, 6.07) is 13.8. The van der Waals surface area contributed by atoms with Crippen LogP contribution >= 0.6 is 11.6 Å². The third-order valence-electron chi connectivity index (χ3n) is 7.14. The number of pyridine rings is 2. The van der Waals surface area contributed by atoms with Gasteiger partial charge < -0.3 is 19.8 Å². The first kappa shape index (κ1) is 27.4. The number of nitrogens with one attached hydrogen (secondary N) is 2. The van der Waals surface area contributed by atoms with Gasteiger partial charge in [-0.25, -0.2) is 19.0 Å². The first-order chi connectivity index (χ1) is 21.5. The zero-order valence-corrected chi connectivity index (χ0v) is 23.3. The maximum atomic E-state index is 14.0. The van der Waals surface area contributed by atoms with Gasteiger partial charge in [0, 0.05) is 28.9 Å². The van der Waals surface area contributed by atoms with Crippen LogP contribution in [-0.2, 0) is 4.74 Å². The minimum atomic E-state index is -1.23. The normalized spacial score (nSPS) is 13.8. The molecule has 6 aromatic rings. The molecule has 1 atom stereocenters. The zero-order chi connectivity index (χ0) is 30.2. The molecule has 1 saturated heterocycles. The number of benzene rings is 2. The lowest BCUT2D eigenvalue weighted by Gasteiger charge is -2.25. The standard InChI is InChI=1S/C30H20ClF2N9O2/c31-23-8-19(7-22-26(18(10-34)11-36-28(22)23)39-20-9-24(32)29(33)37-12-20)38-27(25-13-42(41-40-25)21-14-43-15-21)16-2-1-3-17(6-16)30-35-4-5-44-30/h1-9,11-13,21,27,38H,14-15H2,(H,36,39)/t27-/m0/s1. The van der Waals surface area contributed by atoms with Crippen LogP contribution in [0.5, 0.6) is 0 Å². The Morgan fingerprint density at radius 2 is 1.95 bits per heavy atom. The number of hydrogen-bond acceptors (Lipinski definition) is 10. The largest absolute Gasteiger partial charge is 0.445 e. The van der Waals surface area contributed by atoms with Gasteiger partial charge in [0.15, 0.2) is 5.82 Å². The van der Waals surface area contributed by atoms with Crippen LogP contribution in [0.3, 0.4) is 0 Å². The van der Waals surface area contributed by atoms with Crippen LogP contribution in [0.2, 0.25) is 5.02 Å². The van der Waals surface area contributed by atoms with E-state index in [4.69, 9.17) is 20.8 Å². The number of anilines is 3. The van der Waals surface area contributed by atoms with Crippen LogP contribution in [0.15, 0.2) is 77.9 Å². The van der Waals surface area contributed by atoms with Crippen LogP contribution < -0.4 is 10.6 Å². The van der Waals surface area contributed by atoms with Crippen LogP contribution in [0.1, 0.15) is 28.9 Å². The SMILES string of the molecule is N#Cc1cnc2c(Cl)cc(N[C@@H](c3cccc(-c4ncco4)c3)c3cn(C4COC4)nn3)cc2c1Nc1cnc(F)c(F)c1. The van der Waals surface area contributed by atoms with Crippen molar-refractivity contribution in [3.8, 4) is 17.5 Å². The van der Waals surface area contributed by atoms with Crippen molar-refractivity contribution in [3.05, 3.63) is 107 Å². The Balaban J connectivity index is 1.32. The Hall–Kier alpha value is -5.45. The van der Waals surface area contributed by atoms with Gasteiger partial charge >= 0.3 is 0 Å². The number of aromatic nitrogens is 6. The van der Waals surface area contributed by atoms with Gasteiger partial charge in [-0.05, 0) is 29.8 Å². The first-order valence-electron chi connectivity index (χ1n) is 13.3. The topological polar surface area (TPSA) is 140 Å². The summed E-state index contributed by atoms with van der Waals surface area (Å²) in [6.07, 6.45) is 7.43. The Labute approximate surface area is 253 Å². The summed E-state index contributed by atoms with van der Waals surface area (Å²) in [4.78, 5) is 12.1. The monoisotopic (exact) mass is 611 g/mol. The number of ether oxygens (including phenoxy) is 1. The minimum absolute atomic E-state index is 0.0977. The highest BCUT2D eigenvalue weighted by Gasteiger charge is 2.26. The highest BCUT2D eigenvalue weighted by atomic mass is 35.5. The van der Waals surface area contributed by atoms with Gasteiger partial charge in [-0.2, -0.15) is 9.65 Å². The number of hydrogen-bond donors (Lipinski definition) is 2. The molecule has 11 nitrogen and oxygen atoms in total. The van der Waals surface area contributed by atoms with Crippen molar-refractivity contribution in [2.45, 2.75) is 12.1 Å². The molecule has 1 aliphatic heterocycles. The van der Waals surface area contributed by atoms with Crippen molar-refractivity contribution in [2.75, 3.05) is 23.8 Å². The number of halogens is 3. The van der Waals surface area contributed by atoms with E-state index in [1.165, 1.54) is 12.5 Å². The summed E-state index contributed by atoms with van der Waals surface area (Å²) >= 11 is 6.72. The molecule has 1 aliphatic rings. The molecule has 5 heterocycles. The summed E-state index contributed by atoms with van der Waals surface area (Å²) < 4.78 is 40.1. The lowest BCUT2D eigenvalue weighted by atomic mass is 10.0. The van der Waals surface area contributed by atoms with Crippen molar-refractivity contribution in [1.82, 2.24) is 29.9 Å². The van der Waals surface area contributed by atoms with E-state index in [9.17, 15) is 14.0 Å². The third-order valence-corrected chi connectivity index (χ3v) is 7.43. The fraction of sp³-hybridized carbons (Fsp3) is 0.133. The number of fused-ring (bicyclic) bond motifs is 1. The van der Waals surface area contributed by atoms with E-state index in [0.29, 0.717) is 52.1 Å². The molecule has 218 valence electrons. The summed E-state index contributed by atoms with van der Waals surface area (Å²) in [5, 5.41) is 25.9. The van der Waals surface area contributed by atoms with E-state index >= 15 is 0 Å². The van der Waals surface area contributed by atoms with Crippen molar-refractivity contribution in [3.63, 3.8) is 0 Å². The highest BCUT2D eigenvalue weighted by molar-refractivity contribution is 6.36. The fourth-order valence-corrected chi connectivity index (χ4v) is 5.15. The number of oxazole rings is 1. The molecule has 1 fully saturated rings. The van der Waals surface area contributed by atoms with E-state index in [1.54, 1.807) is 23.0 Å². The van der Waals surface area contributed by atoms with E-state index in [-0.39, 0.29) is 17.3 Å². The molecule has 0 amide bonds. The van der Waals surface area contributed by atoms with Gasteiger partial charge in [0.25, 0.3) is 0 Å². The maximum Gasteiger partial charge on any atom is 0.249 e. The second kappa shape index (κ2) is 11.3. The number of rotatable bonds is 8. The van der Waals surface area contributed by atoms with Crippen LogP contribution in [0, 0.1) is 23.1 Å². The predicted molar refractivity (Wildman–Crippen MR) is 156 cm³/mol. The second-order valence-corrected chi connectivity index (χ2v) is 10.4. The van der Waals surface area contributed by atoms with Crippen molar-refractivity contribution < 1.29 is 17.9 Å². The number of nitriles is 1. The molecule has 2 aromatic carbocycles. The van der Waals surface area contributed by atoms with E-state index < -0.39 is 17.8 Å². The van der Waals surface area contributed by atoms with Crippen LogP contribution in [-0.4, -0.2) is 43.2 Å². The van der Waals surface area contributed by atoms with E-state index in [2.05, 4.69) is 42.0 Å². The average Bonchev–Trinajstić information content (AvgIpc) is 3.71. The molecule has 0 saturated carbocycles. The predicted octanol–water partition coefficient (Wildman–Crippen LogP) is 6.20. The smallest absolute Gasteiger partial charge is 0.249 e. The van der Waals surface area contributed by atoms with E-state index in [1.807, 2.05) is 30.5 Å². The summed E-state index contributed by atoms with van der Waals surface area (Å²) in [5.74, 6) is -1.90. The minimum Gasteiger partial charge on any atom is -0.445 e. The van der Waals surface area contributed by atoms with Gasteiger partial charge in [0.05, 0.1) is 65.3 Å². The summed E-state index contributed by atoms with van der Waals surface area (Å²) in [6.45, 7) is 1.11. The molecular weight excluding hydrogens is 592 g/mol. The second-order valence-electron chi connectivity index (χ2n) is 9.99. The molecule has 0 bridgehead atoms. The maximum absolute atomic E-state index is 14.0. The molecule has 0 aliphatic carbocycles. The average molecular weight is 612 g/mol. The van der Waals surface area contributed by atoms with Crippen LogP contribution in [0.4, 0.5) is 25.8 Å². The van der Waals surface area contributed by atoms with Crippen molar-refractivity contribution in [2.24, 2.45) is 0 Å². The van der Waals surface area contributed by atoms with Crippen molar-refractivity contribution in [1.29, 1.82) is 5.26 Å². The molecule has 0 unspecified atom stereocenters. The van der Waals surface area contributed by atoms with Gasteiger partial charge in [0.2, 0.25) is 11.8 Å². The quantitative estimate of drug-likeness (QED) is 0.191. The van der Waals surface area contributed by atoms with Gasteiger partial charge in [-0.1, -0.05) is 28.9 Å².